The second kappa shape index (κ2) is 13.3. The van der Waals surface area contributed by atoms with Crippen LogP contribution in [0.2, 0.25) is 0 Å². The predicted octanol–water partition coefficient (Wildman–Crippen LogP) is 4.25. The fourth-order valence-corrected chi connectivity index (χ4v) is 3.77. The first-order valence-corrected chi connectivity index (χ1v) is 12.6. The van der Waals surface area contributed by atoms with Gasteiger partial charge in [-0.1, -0.05) is 6.07 Å². The smallest absolute Gasteiger partial charge is 0.432 e. The van der Waals surface area contributed by atoms with Crippen molar-refractivity contribution in [3.05, 3.63) is 24.5 Å². The van der Waals surface area contributed by atoms with E-state index in [1.165, 1.54) is 0 Å². The number of carbonyl (C=O) groups is 2. The van der Waals surface area contributed by atoms with Gasteiger partial charge < -0.3 is 34.0 Å². The lowest BCUT2D eigenvalue weighted by atomic mass is 10.2. The van der Waals surface area contributed by atoms with E-state index in [2.05, 4.69) is 4.98 Å². The fourth-order valence-electron chi connectivity index (χ4n) is 2.68. The van der Waals surface area contributed by atoms with Crippen molar-refractivity contribution in [3.8, 4) is 0 Å². The summed E-state index contributed by atoms with van der Waals surface area (Å²) in [5.74, 6) is 0. The second-order valence-electron chi connectivity index (χ2n) is 7.94. The van der Waals surface area contributed by atoms with Crippen LogP contribution in [0.1, 0.15) is 34.6 Å². The van der Waals surface area contributed by atoms with Gasteiger partial charge in [-0.15, -0.1) is 0 Å². The van der Waals surface area contributed by atoms with E-state index < -0.39 is 58.2 Å². The highest BCUT2D eigenvalue weighted by Crippen LogP contribution is 2.48. The van der Waals surface area contributed by atoms with E-state index in [9.17, 15) is 14.2 Å². The molecule has 2 rings (SSSR count). The number of nitrogen functional groups attached to an aromatic ring is 1. The van der Waals surface area contributed by atoms with Crippen molar-refractivity contribution in [1.82, 2.24) is 9.55 Å². The molecule has 0 aliphatic heterocycles. The molecule has 14 heteroatoms. The van der Waals surface area contributed by atoms with Crippen molar-refractivity contribution < 1.29 is 46.9 Å². The van der Waals surface area contributed by atoms with E-state index in [4.69, 9.17) is 38.5 Å². The van der Waals surface area contributed by atoms with Crippen molar-refractivity contribution in [2.45, 2.75) is 59.5 Å². The third-order valence-corrected chi connectivity index (χ3v) is 5.63. The summed E-state index contributed by atoms with van der Waals surface area (Å²) in [6.07, 6.45) is -2.21. The van der Waals surface area contributed by atoms with Crippen LogP contribution in [0, 0.1) is 0 Å². The molecule has 0 fully saturated rings. The van der Waals surface area contributed by atoms with Crippen LogP contribution < -0.4 is 5.73 Å². The normalized spacial score (nSPS) is 12.7. The van der Waals surface area contributed by atoms with E-state index in [-0.39, 0.29) is 0 Å². The van der Waals surface area contributed by atoms with Crippen molar-refractivity contribution >= 4 is 36.6 Å². The Morgan fingerprint density at radius 1 is 1.00 bits per heavy atom. The highest BCUT2D eigenvalue weighted by molar-refractivity contribution is 7.53. The molecule has 13 nitrogen and oxygen atoms in total. The lowest BCUT2D eigenvalue weighted by molar-refractivity contribution is -0.0369. The molecule has 0 spiro atoms. The molecule has 0 radical (unpaired) electrons. The minimum atomic E-state index is -4.03. The van der Waals surface area contributed by atoms with E-state index in [1.807, 2.05) is 16.7 Å². The zero-order valence-electron chi connectivity index (χ0n) is 20.4. The average molecular weight is 517 g/mol. The molecule has 196 valence electrons. The topological polar surface area (TPSA) is 160 Å². The summed E-state index contributed by atoms with van der Waals surface area (Å²) in [5.41, 5.74) is 7.96. The second-order valence-corrected chi connectivity index (χ2v) is 9.94. The highest BCUT2D eigenvalue weighted by atomic mass is 31.2. The summed E-state index contributed by atoms with van der Waals surface area (Å²) in [4.78, 5) is 27.4. The first kappa shape index (κ1) is 28.4. The largest absolute Gasteiger partial charge is 0.510 e. The van der Waals surface area contributed by atoms with Gasteiger partial charge in [-0.2, -0.15) is 0 Å². The van der Waals surface area contributed by atoms with Crippen LogP contribution in [-0.2, 0) is 43.8 Å². The van der Waals surface area contributed by atoms with Crippen molar-refractivity contribution in [2.24, 2.45) is 0 Å². The number of imidazole rings is 1. The Morgan fingerprint density at radius 3 is 2.11 bits per heavy atom. The molecule has 0 amide bonds. The molecule has 0 saturated carbocycles. The number of aromatic nitrogens is 2. The Labute approximate surface area is 203 Å². The first-order valence-electron chi connectivity index (χ1n) is 10.8. The lowest BCUT2D eigenvalue weighted by Crippen LogP contribution is -2.20. The molecule has 1 heterocycles. The van der Waals surface area contributed by atoms with Gasteiger partial charge in [0.05, 0.1) is 42.4 Å². The SMILES string of the molecule is CC(C)OC(=O)OCOP(=O)(CO[C@H](C)Cn1cnc2c(N)cccc21)OCOC(=O)OC(C)C. The molecule has 35 heavy (non-hydrogen) atoms. The molecule has 0 aliphatic rings. The van der Waals surface area contributed by atoms with Gasteiger partial charge in [-0.25, -0.2) is 14.6 Å². The number of ether oxygens (including phenoxy) is 5. The van der Waals surface area contributed by atoms with E-state index >= 15 is 0 Å². The number of nitrogens with two attached hydrogens (primary N) is 1. The predicted molar refractivity (Wildman–Crippen MR) is 124 cm³/mol. The zero-order valence-corrected chi connectivity index (χ0v) is 21.3. The van der Waals surface area contributed by atoms with Crippen LogP contribution in [0.4, 0.5) is 15.3 Å². The summed E-state index contributed by atoms with van der Waals surface area (Å²) in [7, 11) is -4.03. The van der Waals surface area contributed by atoms with Crippen molar-refractivity contribution in [1.29, 1.82) is 0 Å². The molecular weight excluding hydrogens is 485 g/mol. The minimum Gasteiger partial charge on any atom is -0.432 e. The van der Waals surface area contributed by atoms with Gasteiger partial charge in [-0.3, -0.25) is 13.6 Å². The third kappa shape index (κ3) is 9.73. The zero-order chi connectivity index (χ0) is 26.0. The molecule has 2 N–H and O–H groups in total. The molecule has 1 atom stereocenters. The Morgan fingerprint density at radius 2 is 1.57 bits per heavy atom. The average Bonchev–Trinajstić information content (AvgIpc) is 3.15. The number of rotatable bonds is 13. The number of anilines is 1. The number of fused-ring (bicyclic) bond motifs is 1. The van der Waals surface area contributed by atoms with Gasteiger partial charge >= 0.3 is 19.9 Å². The molecule has 0 bridgehead atoms. The number of carbonyl (C=O) groups excluding carboxylic acids is 2. The van der Waals surface area contributed by atoms with Crippen LogP contribution >= 0.6 is 7.60 Å². The maximum atomic E-state index is 13.1. The van der Waals surface area contributed by atoms with Crippen LogP contribution in [0.25, 0.3) is 11.0 Å². The summed E-state index contributed by atoms with van der Waals surface area (Å²) in [5, 5.41) is 0. The van der Waals surface area contributed by atoms with Gasteiger partial charge in [0.15, 0.2) is 0 Å². The van der Waals surface area contributed by atoms with E-state index in [0.717, 1.165) is 5.52 Å². The Kier molecular flexibility index (Phi) is 10.8. The standard InChI is InChI=1S/C21H32N3O10P/c1-14(2)33-20(25)28-11-31-35(27,32-12-29-21(26)34-15(3)4)13-30-16(5)9-24-10-23-19-17(22)7-6-8-18(19)24/h6-8,10,14-16H,9,11-13,22H2,1-5H3/t16-/m1/s1. The van der Waals surface area contributed by atoms with Gasteiger partial charge in [0, 0.05) is 0 Å². The third-order valence-electron chi connectivity index (χ3n) is 4.17. The van der Waals surface area contributed by atoms with E-state index in [0.29, 0.717) is 17.7 Å². The molecule has 2 aromatic rings. The van der Waals surface area contributed by atoms with Gasteiger partial charge in [-0.05, 0) is 46.8 Å². The lowest BCUT2D eigenvalue weighted by Gasteiger charge is -2.21. The molecule has 0 saturated heterocycles. The monoisotopic (exact) mass is 517 g/mol. The summed E-state index contributed by atoms with van der Waals surface area (Å²) in [6.45, 7) is 7.18. The van der Waals surface area contributed by atoms with Gasteiger partial charge in [0.1, 0.15) is 11.9 Å². The minimum absolute atomic E-state index is 0.356. The molecule has 1 aromatic carbocycles. The van der Waals surface area contributed by atoms with Gasteiger partial charge in [0.2, 0.25) is 13.6 Å². The quantitative estimate of drug-likeness (QED) is 0.174. The Bertz CT molecular complexity index is 994. The van der Waals surface area contributed by atoms with Crippen LogP contribution in [0.5, 0.6) is 0 Å². The molecule has 1 aromatic heterocycles. The van der Waals surface area contributed by atoms with Crippen LogP contribution in [0.3, 0.4) is 0 Å². The summed E-state index contributed by atoms with van der Waals surface area (Å²) >= 11 is 0. The van der Waals surface area contributed by atoms with Crippen molar-refractivity contribution in [3.63, 3.8) is 0 Å². The number of benzene rings is 1. The maximum absolute atomic E-state index is 13.1. The van der Waals surface area contributed by atoms with Crippen LogP contribution in [0.15, 0.2) is 24.5 Å². The number of nitrogens with zero attached hydrogens (tertiary/aromatic N) is 2. The highest BCUT2D eigenvalue weighted by Gasteiger charge is 2.29. The molecule has 0 aliphatic carbocycles. The molecule has 0 unspecified atom stereocenters. The molecular formula is C21H32N3O10P. The van der Waals surface area contributed by atoms with E-state index in [1.54, 1.807) is 47.0 Å². The van der Waals surface area contributed by atoms with Crippen molar-refractivity contribution in [2.75, 3.05) is 25.7 Å². The summed E-state index contributed by atoms with van der Waals surface area (Å²) in [6, 6.07) is 5.43. The Hall–Kier alpha value is -2.86. The van der Waals surface area contributed by atoms with Gasteiger partial charge in [0.25, 0.3) is 0 Å². The fraction of sp³-hybridized carbons (Fsp3) is 0.571. The number of para-hydroxylation sites is 1. The first-order chi connectivity index (χ1) is 16.5. The summed E-state index contributed by atoms with van der Waals surface area (Å²) < 4.78 is 50.0. The number of hydrogen-bond acceptors (Lipinski definition) is 12. The number of hydrogen-bond donors (Lipinski definition) is 1. The maximum Gasteiger partial charge on any atom is 0.510 e. The van der Waals surface area contributed by atoms with Crippen LogP contribution in [-0.4, -0.2) is 60.1 Å². The Balaban J connectivity index is 1.95.